The first-order valence-electron chi connectivity index (χ1n) is 7.87. The molecule has 1 N–H and O–H groups in total. The zero-order valence-electron chi connectivity index (χ0n) is 12.0. The molecule has 1 saturated carbocycles. The van der Waals surface area contributed by atoms with E-state index in [0.717, 1.165) is 50.2 Å². The Labute approximate surface area is 120 Å². The summed E-state index contributed by atoms with van der Waals surface area (Å²) in [6.07, 6.45) is 11.7. The highest BCUT2D eigenvalue weighted by atomic mass is 16.1. The van der Waals surface area contributed by atoms with Gasteiger partial charge in [-0.25, -0.2) is 0 Å². The van der Waals surface area contributed by atoms with Gasteiger partial charge in [0.1, 0.15) is 0 Å². The largest absolute Gasteiger partial charge is 0.316 e. The third kappa shape index (κ3) is 3.21. The summed E-state index contributed by atoms with van der Waals surface area (Å²) in [6, 6.07) is 5.34. The molecule has 1 fully saturated rings. The normalized spacial score (nSPS) is 27.3. The van der Waals surface area contributed by atoms with E-state index in [9.17, 15) is 4.79 Å². The SMILES string of the molecule is O=c1ccccn1CCCCNC[C@@H]1C[C@H]2C=C[C@H]1C2. The summed E-state index contributed by atoms with van der Waals surface area (Å²) in [7, 11) is 0. The number of rotatable bonds is 7. The molecule has 1 aromatic heterocycles. The number of pyridine rings is 1. The van der Waals surface area contributed by atoms with Crippen molar-refractivity contribution in [2.45, 2.75) is 32.2 Å². The lowest BCUT2D eigenvalue weighted by Gasteiger charge is -2.18. The molecule has 2 aliphatic carbocycles. The number of aromatic nitrogens is 1. The number of unbranched alkanes of at least 4 members (excludes halogenated alkanes) is 1. The van der Waals surface area contributed by atoms with Crippen LogP contribution in [0.25, 0.3) is 0 Å². The first-order valence-corrected chi connectivity index (χ1v) is 7.87. The molecule has 0 radical (unpaired) electrons. The summed E-state index contributed by atoms with van der Waals surface area (Å²) in [6.45, 7) is 3.06. The fourth-order valence-corrected chi connectivity index (χ4v) is 3.59. The highest BCUT2D eigenvalue weighted by Crippen LogP contribution is 2.42. The van der Waals surface area contributed by atoms with Gasteiger partial charge >= 0.3 is 0 Å². The Morgan fingerprint density at radius 2 is 2.15 bits per heavy atom. The van der Waals surface area contributed by atoms with E-state index in [4.69, 9.17) is 0 Å². The molecule has 2 aliphatic rings. The highest BCUT2D eigenvalue weighted by molar-refractivity contribution is 5.10. The van der Waals surface area contributed by atoms with Gasteiger partial charge in [0.05, 0.1) is 0 Å². The molecule has 1 heterocycles. The van der Waals surface area contributed by atoms with Crippen molar-refractivity contribution >= 4 is 0 Å². The third-order valence-electron chi connectivity index (χ3n) is 4.72. The topological polar surface area (TPSA) is 34.0 Å². The smallest absolute Gasteiger partial charge is 0.250 e. The maximum absolute atomic E-state index is 11.5. The van der Waals surface area contributed by atoms with Crippen LogP contribution in [0.2, 0.25) is 0 Å². The molecular formula is C17H24N2O. The van der Waals surface area contributed by atoms with E-state index in [1.807, 2.05) is 12.3 Å². The molecule has 0 amide bonds. The molecule has 3 heteroatoms. The minimum Gasteiger partial charge on any atom is -0.316 e. The molecule has 0 aliphatic heterocycles. The fourth-order valence-electron chi connectivity index (χ4n) is 3.59. The van der Waals surface area contributed by atoms with Crippen LogP contribution in [0.1, 0.15) is 25.7 Å². The molecule has 0 saturated heterocycles. The molecule has 3 atom stereocenters. The lowest BCUT2D eigenvalue weighted by Crippen LogP contribution is -2.26. The molecule has 3 nitrogen and oxygen atoms in total. The van der Waals surface area contributed by atoms with Crippen LogP contribution < -0.4 is 10.9 Å². The average molecular weight is 272 g/mol. The lowest BCUT2D eigenvalue weighted by atomic mass is 9.93. The zero-order valence-corrected chi connectivity index (χ0v) is 12.0. The van der Waals surface area contributed by atoms with E-state index in [-0.39, 0.29) is 5.56 Å². The Kier molecular flexibility index (Phi) is 4.36. The zero-order chi connectivity index (χ0) is 13.8. The van der Waals surface area contributed by atoms with Gasteiger partial charge in [-0.15, -0.1) is 0 Å². The lowest BCUT2D eigenvalue weighted by molar-refractivity contribution is 0.410. The van der Waals surface area contributed by atoms with Crippen molar-refractivity contribution in [2.75, 3.05) is 13.1 Å². The van der Waals surface area contributed by atoms with Crippen molar-refractivity contribution in [3.05, 3.63) is 46.9 Å². The fraction of sp³-hybridized carbons (Fsp3) is 0.588. The Bertz CT molecular complexity index is 520. The second-order valence-corrected chi connectivity index (χ2v) is 6.18. The Balaban J connectivity index is 1.29. The standard InChI is InChI=1S/C17H24N2O/c20-17-5-1-3-9-19(17)10-4-2-8-18-13-16-12-14-6-7-15(16)11-14/h1,3,5-7,9,14-16,18H,2,4,8,10-13H2/t14-,15-,16-/m0/s1. The van der Waals surface area contributed by atoms with Gasteiger partial charge in [0.15, 0.2) is 0 Å². The predicted octanol–water partition coefficient (Wildman–Crippen LogP) is 2.43. The highest BCUT2D eigenvalue weighted by Gasteiger charge is 2.34. The molecule has 20 heavy (non-hydrogen) atoms. The van der Waals surface area contributed by atoms with Crippen LogP contribution in [-0.4, -0.2) is 17.7 Å². The third-order valence-corrected chi connectivity index (χ3v) is 4.72. The van der Waals surface area contributed by atoms with E-state index in [0.29, 0.717) is 0 Å². The van der Waals surface area contributed by atoms with Crippen LogP contribution in [0, 0.1) is 17.8 Å². The Morgan fingerprint density at radius 3 is 2.90 bits per heavy atom. The first kappa shape index (κ1) is 13.6. The maximum Gasteiger partial charge on any atom is 0.250 e. The van der Waals surface area contributed by atoms with E-state index >= 15 is 0 Å². The first-order chi connectivity index (χ1) is 9.83. The molecular weight excluding hydrogens is 248 g/mol. The molecule has 3 rings (SSSR count). The Hall–Kier alpha value is -1.35. The van der Waals surface area contributed by atoms with Crippen LogP contribution in [0.5, 0.6) is 0 Å². The van der Waals surface area contributed by atoms with Crippen LogP contribution in [0.4, 0.5) is 0 Å². The van der Waals surface area contributed by atoms with Crippen molar-refractivity contribution < 1.29 is 0 Å². The van der Waals surface area contributed by atoms with Crippen molar-refractivity contribution in [3.63, 3.8) is 0 Å². The van der Waals surface area contributed by atoms with Crippen molar-refractivity contribution in [1.29, 1.82) is 0 Å². The molecule has 2 bridgehead atoms. The van der Waals surface area contributed by atoms with Crippen LogP contribution in [0.3, 0.4) is 0 Å². The van der Waals surface area contributed by atoms with Crippen LogP contribution in [0.15, 0.2) is 41.3 Å². The summed E-state index contributed by atoms with van der Waals surface area (Å²) in [5, 5.41) is 3.59. The number of allylic oxidation sites excluding steroid dienone is 2. The number of nitrogens with zero attached hydrogens (tertiary/aromatic N) is 1. The monoisotopic (exact) mass is 272 g/mol. The number of fused-ring (bicyclic) bond motifs is 2. The molecule has 1 aromatic rings. The van der Waals surface area contributed by atoms with E-state index in [1.165, 1.54) is 12.8 Å². The molecule has 108 valence electrons. The average Bonchev–Trinajstić information content (AvgIpc) is 3.07. The van der Waals surface area contributed by atoms with Gasteiger partial charge in [0.2, 0.25) is 5.56 Å². The van der Waals surface area contributed by atoms with Gasteiger partial charge in [0, 0.05) is 18.8 Å². The van der Waals surface area contributed by atoms with Crippen LogP contribution in [-0.2, 0) is 6.54 Å². The van der Waals surface area contributed by atoms with Gasteiger partial charge in [-0.05, 0) is 62.6 Å². The second-order valence-electron chi connectivity index (χ2n) is 6.18. The van der Waals surface area contributed by atoms with Gasteiger partial charge in [-0.3, -0.25) is 4.79 Å². The van der Waals surface area contributed by atoms with E-state index < -0.39 is 0 Å². The number of nitrogens with one attached hydrogen (secondary N) is 1. The predicted molar refractivity (Wildman–Crippen MR) is 81.6 cm³/mol. The van der Waals surface area contributed by atoms with Gasteiger partial charge in [0.25, 0.3) is 0 Å². The summed E-state index contributed by atoms with van der Waals surface area (Å²) in [5.74, 6) is 2.58. The quantitative estimate of drug-likeness (QED) is 0.611. The minimum absolute atomic E-state index is 0.106. The molecule has 0 aromatic carbocycles. The van der Waals surface area contributed by atoms with E-state index in [2.05, 4.69) is 17.5 Å². The maximum atomic E-state index is 11.5. The van der Waals surface area contributed by atoms with Crippen LogP contribution >= 0.6 is 0 Å². The van der Waals surface area contributed by atoms with Crippen molar-refractivity contribution in [2.24, 2.45) is 17.8 Å². The van der Waals surface area contributed by atoms with Crippen molar-refractivity contribution in [3.8, 4) is 0 Å². The Morgan fingerprint density at radius 1 is 1.20 bits per heavy atom. The summed E-state index contributed by atoms with van der Waals surface area (Å²) < 4.78 is 1.79. The molecule has 0 unspecified atom stereocenters. The summed E-state index contributed by atoms with van der Waals surface area (Å²) in [5.41, 5.74) is 0.106. The second kappa shape index (κ2) is 6.40. The molecule has 0 spiro atoms. The summed E-state index contributed by atoms with van der Waals surface area (Å²) in [4.78, 5) is 11.5. The van der Waals surface area contributed by atoms with Gasteiger partial charge in [-0.1, -0.05) is 18.2 Å². The number of hydrogen-bond acceptors (Lipinski definition) is 2. The van der Waals surface area contributed by atoms with Crippen molar-refractivity contribution in [1.82, 2.24) is 9.88 Å². The van der Waals surface area contributed by atoms with Gasteiger partial charge < -0.3 is 9.88 Å². The minimum atomic E-state index is 0.106. The summed E-state index contributed by atoms with van der Waals surface area (Å²) >= 11 is 0. The van der Waals surface area contributed by atoms with E-state index in [1.54, 1.807) is 16.7 Å². The number of aryl methyl sites for hydroxylation is 1. The van der Waals surface area contributed by atoms with Gasteiger partial charge in [-0.2, -0.15) is 0 Å². The number of hydrogen-bond donors (Lipinski definition) is 1.